The van der Waals surface area contributed by atoms with E-state index in [-0.39, 0.29) is 18.7 Å². The van der Waals surface area contributed by atoms with Crippen LogP contribution in [0.3, 0.4) is 0 Å². The zero-order valence-electron chi connectivity index (χ0n) is 17.0. The van der Waals surface area contributed by atoms with Gasteiger partial charge in [0.1, 0.15) is 5.75 Å². The van der Waals surface area contributed by atoms with Crippen LogP contribution in [-0.4, -0.2) is 48.9 Å². The molecule has 1 atom stereocenters. The normalized spacial score (nSPS) is 18.8. The molecule has 2 aromatic carbocycles. The molecule has 1 aromatic heterocycles. The molecule has 1 saturated heterocycles. The highest BCUT2D eigenvalue weighted by molar-refractivity contribution is 6.06. The zero-order valence-corrected chi connectivity index (χ0v) is 17.0. The second-order valence-corrected chi connectivity index (χ2v) is 7.76. The first-order valence-corrected chi connectivity index (χ1v) is 10.3. The summed E-state index contributed by atoms with van der Waals surface area (Å²) < 4.78 is 16.9. The van der Waals surface area contributed by atoms with Crippen molar-refractivity contribution in [1.82, 2.24) is 9.88 Å². The van der Waals surface area contributed by atoms with E-state index in [0.29, 0.717) is 30.2 Å². The van der Waals surface area contributed by atoms with Crippen LogP contribution >= 0.6 is 0 Å². The van der Waals surface area contributed by atoms with Crippen molar-refractivity contribution >= 4 is 16.7 Å². The molecular formula is C24H24N2O4. The van der Waals surface area contributed by atoms with E-state index in [1.165, 1.54) is 0 Å². The molecule has 2 aliphatic rings. The molecule has 30 heavy (non-hydrogen) atoms. The van der Waals surface area contributed by atoms with Gasteiger partial charge in [-0.3, -0.25) is 9.69 Å². The lowest BCUT2D eigenvalue weighted by Crippen LogP contribution is -2.49. The van der Waals surface area contributed by atoms with Crippen LogP contribution in [0.2, 0.25) is 0 Å². The molecule has 0 spiro atoms. The van der Waals surface area contributed by atoms with Gasteiger partial charge in [0.25, 0.3) is 5.91 Å². The van der Waals surface area contributed by atoms with Crippen molar-refractivity contribution in [3.63, 3.8) is 0 Å². The maximum absolute atomic E-state index is 13.4. The van der Waals surface area contributed by atoms with Gasteiger partial charge in [-0.05, 0) is 41.8 Å². The van der Waals surface area contributed by atoms with E-state index in [4.69, 9.17) is 14.2 Å². The summed E-state index contributed by atoms with van der Waals surface area (Å²) in [7, 11) is 1.60. The van der Waals surface area contributed by atoms with Crippen LogP contribution in [0.5, 0.6) is 11.6 Å². The van der Waals surface area contributed by atoms with E-state index >= 15 is 0 Å². The van der Waals surface area contributed by atoms with E-state index in [2.05, 4.69) is 11.1 Å². The van der Waals surface area contributed by atoms with E-state index in [0.717, 1.165) is 41.3 Å². The molecule has 0 saturated carbocycles. The van der Waals surface area contributed by atoms with E-state index < -0.39 is 0 Å². The summed E-state index contributed by atoms with van der Waals surface area (Å²) in [4.78, 5) is 19.5. The highest BCUT2D eigenvalue weighted by atomic mass is 16.5. The monoisotopic (exact) mass is 404 g/mol. The predicted octanol–water partition coefficient (Wildman–Crippen LogP) is 3.81. The fourth-order valence-electron chi connectivity index (χ4n) is 4.33. The largest absolute Gasteiger partial charge is 0.481 e. The molecule has 5 rings (SSSR count). The Kier molecular flexibility index (Phi) is 5.01. The second kappa shape index (κ2) is 7.95. The molecule has 6 nitrogen and oxygen atoms in total. The number of fused-ring (bicyclic) bond motifs is 3. The summed E-state index contributed by atoms with van der Waals surface area (Å²) >= 11 is 0. The lowest BCUT2D eigenvalue weighted by Gasteiger charge is -2.37. The minimum absolute atomic E-state index is 0.0200. The molecule has 2 aliphatic heterocycles. The minimum atomic E-state index is 0.0200. The van der Waals surface area contributed by atoms with Gasteiger partial charge in [0.15, 0.2) is 6.73 Å². The zero-order chi connectivity index (χ0) is 20.5. The molecule has 154 valence electrons. The average Bonchev–Trinajstić information content (AvgIpc) is 2.81. The number of pyridine rings is 1. The Labute approximate surface area is 175 Å². The smallest absolute Gasteiger partial charge is 0.260 e. The molecule has 0 bridgehead atoms. The van der Waals surface area contributed by atoms with Gasteiger partial charge in [0.05, 0.1) is 25.3 Å². The van der Waals surface area contributed by atoms with Crippen molar-refractivity contribution in [1.29, 1.82) is 0 Å². The number of carbonyl (C=O) groups is 1. The SMILES string of the molecule is COc1ccc(Cc2cc3c(c4ccccc24)OCN([C@@H]2CCCOC2)C3=O)cn1. The second-order valence-electron chi connectivity index (χ2n) is 7.76. The van der Waals surface area contributed by atoms with Gasteiger partial charge in [-0.25, -0.2) is 4.98 Å². The van der Waals surface area contributed by atoms with Gasteiger partial charge in [0, 0.05) is 24.3 Å². The Morgan fingerprint density at radius 2 is 2.07 bits per heavy atom. The first kappa shape index (κ1) is 18.9. The minimum Gasteiger partial charge on any atom is -0.481 e. The Morgan fingerprint density at radius 3 is 2.80 bits per heavy atom. The van der Waals surface area contributed by atoms with Crippen LogP contribution in [0.1, 0.15) is 34.3 Å². The number of nitrogens with zero attached hydrogens (tertiary/aromatic N) is 2. The predicted molar refractivity (Wildman–Crippen MR) is 113 cm³/mol. The van der Waals surface area contributed by atoms with Gasteiger partial charge in [-0.1, -0.05) is 30.3 Å². The number of aromatic nitrogens is 1. The quantitative estimate of drug-likeness (QED) is 0.662. The number of methoxy groups -OCH3 is 1. The van der Waals surface area contributed by atoms with Crippen molar-refractivity contribution in [2.45, 2.75) is 25.3 Å². The summed E-state index contributed by atoms with van der Waals surface area (Å²) in [6, 6.07) is 14.0. The lowest BCUT2D eigenvalue weighted by atomic mass is 9.94. The van der Waals surface area contributed by atoms with Gasteiger partial charge in [0.2, 0.25) is 5.88 Å². The molecular weight excluding hydrogens is 380 g/mol. The number of rotatable bonds is 4. The molecule has 0 aliphatic carbocycles. The fourth-order valence-corrected chi connectivity index (χ4v) is 4.33. The van der Waals surface area contributed by atoms with Crippen LogP contribution in [0, 0.1) is 0 Å². The summed E-state index contributed by atoms with van der Waals surface area (Å²) in [6.07, 6.45) is 4.40. The van der Waals surface area contributed by atoms with E-state index in [1.807, 2.05) is 47.5 Å². The third-order valence-corrected chi connectivity index (χ3v) is 5.90. The van der Waals surface area contributed by atoms with Gasteiger partial charge in [-0.2, -0.15) is 0 Å². The van der Waals surface area contributed by atoms with Crippen molar-refractivity contribution in [3.05, 3.63) is 65.4 Å². The van der Waals surface area contributed by atoms with Crippen LogP contribution in [0.4, 0.5) is 0 Å². The summed E-state index contributed by atoms with van der Waals surface area (Å²) in [5.74, 6) is 1.29. The molecule has 3 aromatic rings. The van der Waals surface area contributed by atoms with Gasteiger partial charge in [-0.15, -0.1) is 0 Å². The molecule has 0 radical (unpaired) electrons. The average molecular weight is 404 g/mol. The Hall–Kier alpha value is -3.12. The van der Waals surface area contributed by atoms with Crippen molar-refractivity contribution in [3.8, 4) is 11.6 Å². The van der Waals surface area contributed by atoms with Gasteiger partial charge < -0.3 is 14.2 Å². The van der Waals surface area contributed by atoms with Crippen molar-refractivity contribution in [2.75, 3.05) is 27.1 Å². The first-order valence-electron chi connectivity index (χ1n) is 10.3. The van der Waals surface area contributed by atoms with Crippen LogP contribution in [0.25, 0.3) is 10.8 Å². The van der Waals surface area contributed by atoms with Crippen molar-refractivity contribution in [2.24, 2.45) is 0 Å². The number of ether oxygens (including phenoxy) is 3. The molecule has 1 amide bonds. The third-order valence-electron chi connectivity index (χ3n) is 5.90. The molecule has 0 N–H and O–H groups in total. The number of benzene rings is 2. The summed E-state index contributed by atoms with van der Waals surface area (Å²) in [5, 5.41) is 2.06. The lowest BCUT2D eigenvalue weighted by molar-refractivity contribution is -0.00956. The van der Waals surface area contributed by atoms with Gasteiger partial charge >= 0.3 is 0 Å². The third kappa shape index (κ3) is 3.37. The maximum atomic E-state index is 13.4. The Bertz CT molecular complexity index is 1070. The molecule has 6 heteroatoms. The first-order chi connectivity index (χ1) is 14.7. The summed E-state index contributed by atoms with van der Waals surface area (Å²) in [6.45, 7) is 1.61. The molecule has 1 fully saturated rings. The highest BCUT2D eigenvalue weighted by Crippen LogP contribution is 2.37. The van der Waals surface area contributed by atoms with Crippen LogP contribution < -0.4 is 9.47 Å². The number of amides is 1. The number of hydrogen-bond donors (Lipinski definition) is 0. The van der Waals surface area contributed by atoms with Crippen molar-refractivity contribution < 1.29 is 19.0 Å². The van der Waals surface area contributed by atoms with E-state index in [9.17, 15) is 4.79 Å². The topological polar surface area (TPSA) is 60.9 Å². The molecule has 0 unspecified atom stereocenters. The fraction of sp³-hybridized carbons (Fsp3) is 0.333. The maximum Gasteiger partial charge on any atom is 0.260 e. The van der Waals surface area contributed by atoms with E-state index in [1.54, 1.807) is 7.11 Å². The van der Waals surface area contributed by atoms with Crippen LogP contribution in [0.15, 0.2) is 48.7 Å². The Balaban J connectivity index is 1.54. The number of hydrogen-bond acceptors (Lipinski definition) is 5. The Morgan fingerprint density at radius 1 is 1.20 bits per heavy atom. The number of carbonyl (C=O) groups excluding carboxylic acids is 1. The summed E-state index contributed by atoms with van der Waals surface area (Å²) in [5.41, 5.74) is 2.76. The standard InChI is InChI=1S/C24H24N2O4/c1-28-22-9-8-16(13-25-22)11-17-12-21-23(20-7-3-2-6-19(17)20)30-15-26(24(21)27)18-5-4-10-29-14-18/h2-3,6-9,12-13,18H,4-5,10-11,14-15H2,1H3/t18-/m1/s1. The molecule has 3 heterocycles. The highest BCUT2D eigenvalue weighted by Gasteiger charge is 2.33. The van der Waals surface area contributed by atoms with Crippen LogP contribution in [-0.2, 0) is 11.2 Å².